The molecule has 0 saturated heterocycles. The predicted molar refractivity (Wildman–Crippen MR) is 81.7 cm³/mol. The summed E-state index contributed by atoms with van der Waals surface area (Å²) in [5.74, 6) is -0.343. The van der Waals surface area contributed by atoms with Crippen LogP contribution in [0.25, 0.3) is 0 Å². The quantitative estimate of drug-likeness (QED) is 0.567. The number of carbonyl (C=O) groups excluding carboxylic acids is 2. The van der Waals surface area contributed by atoms with E-state index in [1.165, 1.54) is 0 Å². The van der Waals surface area contributed by atoms with Crippen molar-refractivity contribution in [3.05, 3.63) is 35.9 Å². The van der Waals surface area contributed by atoms with Gasteiger partial charge in [-0.3, -0.25) is 20.4 Å². The lowest BCUT2D eigenvalue weighted by molar-refractivity contribution is -0.122. The average molecular weight is 293 g/mol. The fraction of sp³-hybridized carbons (Fsp3) is 0.357. The average Bonchev–Trinajstić information content (AvgIpc) is 2.44. The van der Waals surface area contributed by atoms with Crippen LogP contribution in [0.2, 0.25) is 0 Å². The summed E-state index contributed by atoms with van der Waals surface area (Å²) < 4.78 is 0. The fourth-order valence-electron chi connectivity index (χ4n) is 1.54. The van der Waals surface area contributed by atoms with Gasteiger partial charge in [0.05, 0.1) is 0 Å². The third kappa shape index (κ3) is 6.84. The lowest BCUT2D eigenvalue weighted by Crippen LogP contribution is -2.48. The Kier molecular flexibility index (Phi) is 7.27. The standard InChI is InChI=1S/C14H19N3O2S/c1-2-6-13(19)16-17-14(20)15-12(18)10-9-11-7-4-3-5-8-11/h3-5,7-8H,2,6,9-10H2,1H3,(H,16,19)(H2,15,17,18,20). The molecule has 0 aliphatic heterocycles. The van der Waals surface area contributed by atoms with Crippen molar-refractivity contribution in [1.29, 1.82) is 0 Å². The van der Waals surface area contributed by atoms with Crippen LogP contribution in [0.1, 0.15) is 31.7 Å². The summed E-state index contributed by atoms with van der Waals surface area (Å²) in [6.07, 6.45) is 2.16. The second-order valence-electron chi connectivity index (χ2n) is 4.29. The Bertz CT molecular complexity index is 463. The van der Waals surface area contributed by atoms with Crippen LogP contribution in [0, 0.1) is 0 Å². The zero-order chi connectivity index (χ0) is 14.8. The summed E-state index contributed by atoms with van der Waals surface area (Å²) >= 11 is 4.91. The lowest BCUT2D eigenvalue weighted by Gasteiger charge is -2.10. The zero-order valence-corrected chi connectivity index (χ0v) is 12.3. The monoisotopic (exact) mass is 293 g/mol. The van der Waals surface area contributed by atoms with Crippen molar-refractivity contribution in [2.45, 2.75) is 32.6 Å². The molecule has 0 radical (unpaired) electrons. The van der Waals surface area contributed by atoms with Crippen LogP contribution in [0.4, 0.5) is 0 Å². The molecule has 20 heavy (non-hydrogen) atoms. The van der Waals surface area contributed by atoms with E-state index >= 15 is 0 Å². The van der Waals surface area contributed by atoms with E-state index in [0.717, 1.165) is 12.0 Å². The highest BCUT2D eigenvalue weighted by Crippen LogP contribution is 2.01. The van der Waals surface area contributed by atoms with Gasteiger partial charge in [-0.2, -0.15) is 0 Å². The first kappa shape index (κ1) is 16.1. The molecule has 2 amide bonds. The molecular formula is C14H19N3O2S. The number of carbonyl (C=O) groups is 2. The molecule has 0 atom stereocenters. The first-order chi connectivity index (χ1) is 9.61. The highest BCUT2D eigenvalue weighted by atomic mass is 32.1. The number of hydrazine groups is 1. The molecule has 0 aromatic heterocycles. The molecule has 1 aromatic rings. The van der Waals surface area contributed by atoms with Gasteiger partial charge in [-0.05, 0) is 30.6 Å². The predicted octanol–water partition coefficient (Wildman–Crippen LogP) is 1.44. The first-order valence-electron chi connectivity index (χ1n) is 6.54. The van der Waals surface area contributed by atoms with E-state index in [1.54, 1.807) is 0 Å². The Hall–Kier alpha value is -1.95. The van der Waals surface area contributed by atoms with Crippen LogP contribution in [-0.4, -0.2) is 16.9 Å². The van der Waals surface area contributed by atoms with Gasteiger partial charge in [-0.1, -0.05) is 37.3 Å². The number of rotatable bonds is 5. The number of aryl methyl sites for hydroxylation is 1. The van der Waals surface area contributed by atoms with Gasteiger partial charge in [0.15, 0.2) is 5.11 Å². The lowest BCUT2D eigenvalue weighted by atomic mass is 10.1. The van der Waals surface area contributed by atoms with E-state index in [2.05, 4.69) is 16.2 Å². The molecular weight excluding hydrogens is 274 g/mol. The summed E-state index contributed by atoms with van der Waals surface area (Å²) in [5, 5.41) is 2.62. The van der Waals surface area contributed by atoms with Crippen LogP contribution in [0.3, 0.4) is 0 Å². The van der Waals surface area contributed by atoms with Crippen molar-refractivity contribution in [2.24, 2.45) is 0 Å². The normalized spacial score (nSPS) is 9.65. The fourth-order valence-corrected chi connectivity index (χ4v) is 1.70. The molecule has 0 fully saturated rings. The minimum atomic E-state index is -0.184. The summed E-state index contributed by atoms with van der Waals surface area (Å²) in [5.41, 5.74) is 6.01. The maximum atomic E-state index is 11.6. The minimum absolute atomic E-state index is 0.104. The van der Waals surface area contributed by atoms with E-state index in [1.807, 2.05) is 37.3 Å². The maximum absolute atomic E-state index is 11.6. The molecule has 5 nitrogen and oxygen atoms in total. The van der Waals surface area contributed by atoms with Gasteiger partial charge in [0, 0.05) is 12.8 Å². The largest absolute Gasteiger partial charge is 0.302 e. The van der Waals surface area contributed by atoms with Crippen molar-refractivity contribution in [3.8, 4) is 0 Å². The molecule has 0 unspecified atom stereocenters. The third-order valence-corrected chi connectivity index (χ3v) is 2.73. The molecule has 0 saturated carbocycles. The van der Waals surface area contributed by atoms with Crippen molar-refractivity contribution >= 4 is 29.1 Å². The number of amides is 2. The van der Waals surface area contributed by atoms with Gasteiger partial charge < -0.3 is 5.32 Å². The number of hydrogen-bond acceptors (Lipinski definition) is 3. The van der Waals surface area contributed by atoms with Crippen molar-refractivity contribution in [3.63, 3.8) is 0 Å². The van der Waals surface area contributed by atoms with Crippen LogP contribution in [0.15, 0.2) is 30.3 Å². The van der Waals surface area contributed by atoms with Crippen molar-refractivity contribution in [1.82, 2.24) is 16.2 Å². The number of hydrogen-bond donors (Lipinski definition) is 3. The van der Waals surface area contributed by atoms with Gasteiger partial charge >= 0.3 is 0 Å². The van der Waals surface area contributed by atoms with Crippen LogP contribution in [-0.2, 0) is 16.0 Å². The summed E-state index contributed by atoms with van der Waals surface area (Å²) in [7, 11) is 0. The zero-order valence-electron chi connectivity index (χ0n) is 11.4. The highest BCUT2D eigenvalue weighted by Gasteiger charge is 2.05. The minimum Gasteiger partial charge on any atom is -0.302 e. The van der Waals surface area contributed by atoms with E-state index in [9.17, 15) is 9.59 Å². The SMILES string of the molecule is CCCC(=O)NNC(=S)NC(=O)CCc1ccccc1. The Morgan fingerprint density at radius 1 is 1.05 bits per heavy atom. The second kappa shape index (κ2) is 9.03. The molecule has 0 heterocycles. The van der Waals surface area contributed by atoms with Crippen molar-refractivity contribution < 1.29 is 9.59 Å². The number of nitrogens with one attached hydrogen (secondary N) is 3. The van der Waals surface area contributed by atoms with Crippen LogP contribution in [0.5, 0.6) is 0 Å². The van der Waals surface area contributed by atoms with E-state index in [-0.39, 0.29) is 16.9 Å². The third-order valence-electron chi connectivity index (χ3n) is 2.53. The van der Waals surface area contributed by atoms with Gasteiger partial charge in [0.2, 0.25) is 11.8 Å². The Balaban J connectivity index is 2.21. The second-order valence-corrected chi connectivity index (χ2v) is 4.69. The molecule has 6 heteroatoms. The molecule has 0 aliphatic rings. The molecule has 3 N–H and O–H groups in total. The van der Waals surface area contributed by atoms with Gasteiger partial charge in [-0.25, -0.2) is 0 Å². The molecule has 1 aromatic carbocycles. The van der Waals surface area contributed by atoms with E-state index < -0.39 is 0 Å². The van der Waals surface area contributed by atoms with Crippen molar-refractivity contribution in [2.75, 3.05) is 0 Å². The Morgan fingerprint density at radius 2 is 1.75 bits per heavy atom. The number of thiocarbonyl (C=S) groups is 1. The maximum Gasteiger partial charge on any atom is 0.238 e. The molecule has 1 rings (SSSR count). The van der Waals surface area contributed by atoms with E-state index in [4.69, 9.17) is 12.2 Å². The number of benzene rings is 1. The van der Waals surface area contributed by atoms with Gasteiger partial charge in [-0.15, -0.1) is 0 Å². The Labute approximate surface area is 124 Å². The topological polar surface area (TPSA) is 70.2 Å². The van der Waals surface area contributed by atoms with Crippen LogP contribution < -0.4 is 16.2 Å². The van der Waals surface area contributed by atoms with E-state index in [0.29, 0.717) is 19.3 Å². The van der Waals surface area contributed by atoms with Gasteiger partial charge in [0.1, 0.15) is 0 Å². The highest BCUT2D eigenvalue weighted by molar-refractivity contribution is 7.80. The molecule has 0 aliphatic carbocycles. The van der Waals surface area contributed by atoms with Crippen LogP contribution >= 0.6 is 12.2 Å². The smallest absolute Gasteiger partial charge is 0.238 e. The summed E-state index contributed by atoms with van der Waals surface area (Å²) in [6.45, 7) is 1.91. The summed E-state index contributed by atoms with van der Waals surface area (Å²) in [6, 6.07) is 9.73. The molecule has 108 valence electrons. The molecule has 0 bridgehead atoms. The van der Waals surface area contributed by atoms with Gasteiger partial charge in [0.25, 0.3) is 0 Å². The first-order valence-corrected chi connectivity index (χ1v) is 6.95. The molecule has 0 spiro atoms. The Morgan fingerprint density at radius 3 is 2.40 bits per heavy atom. The summed E-state index contributed by atoms with van der Waals surface area (Å²) in [4.78, 5) is 22.8.